The molecule has 0 aliphatic carbocycles. The monoisotopic (exact) mass is 417 g/mol. The maximum atomic E-state index is 13.0. The van der Waals surface area contributed by atoms with Crippen molar-refractivity contribution in [2.24, 2.45) is 5.92 Å². The van der Waals surface area contributed by atoms with E-state index in [-0.39, 0.29) is 24.2 Å². The lowest BCUT2D eigenvalue weighted by Crippen LogP contribution is -2.50. The summed E-state index contributed by atoms with van der Waals surface area (Å²) in [6.45, 7) is 3.09. The number of carbonyl (C=O) groups excluding carboxylic acids is 2. The first-order chi connectivity index (χ1) is 13.5. The van der Waals surface area contributed by atoms with Gasteiger partial charge in [-0.3, -0.25) is 9.59 Å². The van der Waals surface area contributed by atoms with Gasteiger partial charge >= 0.3 is 0 Å². The van der Waals surface area contributed by atoms with Gasteiger partial charge in [-0.1, -0.05) is 47.5 Å². The summed E-state index contributed by atoms with van der Waals surface area (Å²) >= 11 is 12.5. The maximum absolute atomic E-state index is 13.0. The van der Waals surface area contributed by atoms with Gasteiger partial charge in [0.1, 0.15) is 0 Å². The molecular formula is C21H21Cl2N3O2. The van der Waals surface area contributed by atoms with E-state index < -0.39 is 0 Å². The van der Waals surface area contributed by atoms with Gasteiger partial charge in [0, 0.05) is 39.1 Å². The van der Waals surface area contributed by atoms with Crippen LogP contribution in [0.1, 0.15) is 6.42 Å². The zero-order valence-corrected chi connectivity index (χ0v) is 16.9. The van der Waals surface area contributed by atoms with Gasteiger partial charge in [0.2, 0.25) is 11.8 Å². The van der Waals surface area contributed by atoms with Gasteiger partial charge < -0.3 is 14.7 Å². The Morgan fingerprint density at radius 1 is 0.857 bits per heavy atom. The summed E-state index contributed by atoms with van der Waals surface area (Å²) in [5.74, 6) is -0.335. The molecule has 0 unspecified atom stereocenters. The second-order valence-electron chi connectivity index (χ2n) is 7.12. The molecule has 146 valence electrons. The number of piperazine rings is 1. The van der Waals surface area contributed by atoms with Crippen molar-refractivity contribution in [3.8, 4) is 0 Å². The molecule has 28 heavy (non-hydrogen) atoms. The molecule has 0 aromatic heterocycles. The van der Waals surface area contributed by atoms with Crippen LogP contribution in [0.2, 0.25) is 10.0 Å². The first-order valence-electron chi connectivity index (χ1n) is 9.38. The van der Waals surface area contributed by atoms with Crippen LogP contribution in [-0.4, -0.2) is 49.4 Å². The van der Waals surface area contributed by atoms with Crippen LogP contribution in [0.25, 0.3) is 0 Å². The average Bonchev–Trinajstić information content (AvgIpc) is 3.10. The standard InChI is InChI=1S/C21H21Cl2N3O2/c22-16-5-1-3-7-18(16)24-9-11-25(12-10-24)21(28)15-13-20(27)26(14-15)19-8-4-2-6-17(19)23/h1-8,15H,9-14H2/t15-/m0/s1. The molecule has 0 bridgehead atoms. The summed E-state index contributed by atoms with van der Waals surface area (Å²) in [7, 11) is 0. The lowest BCUT2D eigenvalue weighted by atomic mass is 10.1. The normalized spacial score (nSPS) is 20.0. The SMILES string of the molecule is O=C([C@H]1CC(=O)N(c2ccccc2Cl)C1)N1CCN(c2ccccc2Cl)CC1. The number of para-hydroxylation sites is 2. The number of benzene rings is 2. The number of anilines is 2. The van der Waals surface area contributed by atoms with Gasteiger partial charge in [0.15, 0.2) is 0 Å². The second-order valence-corrected chi connectivity index (χ2v) is 7.93. The molecule has 2 aliphatic heterocycles. The van der Waals surface area contributed by atoms with E-state index in [1.54, 1.807) is 11.0 Å². The number of carbonyl (C=O) groups is 2. The summed E-state index contributed by atoms with van der Waals surface area (Å²) in [5, 5.41) is 1.25. The molecule has 0 N–H and O–H groups in total. The second kappa shape index (κ2) is 8.02. The van der Waals surface area contributed by atoms with E-state index in [2.05, 4.69) is 4.90 Å². The Hall–Kier alpha value is -2.24. The lowest BCUT2D eigenvalue weighted by Gasteiger charge is -2.37. The third-order valence-electron chi connectivity index (χ3n) is 5.40. The average molecular weight is 418 g/mol. The molecule has 0 saturated carbocycles. The van der Waals surface area contributed by atoms with Crippen molar-refractivity contribution in [3.63, 3.8) is 0 Å². The molecule has 2 saturated heterocycles. The fourth-order valence-electron chi connectivity index (χ4n) is 3.91. The van der Waals surface area contributed by atoms with Gasteiger partial charge in [0.25, 0.3) is 0 Å². The Morgan fingerprint density at radius 2 is 1.43 bits per heavy atom. The molecule has 5 nitrogen and oxygen atoms in total. The van der Waals surface area contributed by atoms with Gasteiger partial charge in [-0.05, 0) is 24.3 Å². The molecule has 7 heteroatoms. The smallest absolute Gasteiger partial charge is 0.228 e. The molecule has 2 fully saturated rings. The molecule has 2 aromatic rings. The molecule has 2 heterocycles. The maximum Gasteiger partial charge on any atom is 0.228 e. The number of halogens is 2. The molecule has 2 aromatic carbocycles. The van der Waals surface area contributed by atoms with Crippen LogP contribution >= 0.6 is 23.2 Å². The van der Waals surface area contributed by atoms with Crippen molar-refractivity contribution < 1.29 is 9.59 Å². The van der Waals surface area contributed by atoms with Crippen LogP contribution in [0.3, 0.4) is 0 Å². The first-order valence-corrected chi connectivity index (χ1v) is 10.1. The van der Waals surface area contributed by atoms with Crippen LogP contribution in [0, 0.1) is 5.92 Å². The highest BCUT2D eigenvalue weighted by atomic mass is 35.5. The van der Waals surface area contributed by atoms with E-state index >= 15 is 0 Å². The van der Waals surface area contributed by atoms with Crippen molar-refractivity contribution in [1.82, 2.24) is 4.90 Å². The van der Waals surface area contributed by atoms with Crippen molar-refractivity contribution in [2.75, 3.05) is 42.5 Å². The van der Waals surface area contributed by atoms with E-state index in [1.165, 1.54) is 0 Å². The Morgan fingerprint density at radius 3 is 2.04 bits per heavy atom. The molecule has 0 radical (unpaired) electrons. The minimum Gasteiger partial charge on any atom is -0.367 e. The number of hydrogen-bond donors (Lipinski definition) is 0. The van der Waals surface area contributed by atoms with E-state index in [4.69, 9.17) is 23.2 Å². The van der Waals surface area contributed by atoms with E-state index in [0.717, 1.165) is 23.8 Å². The van der Waals surface area contributed by atoms with Crippen LogP contribution in [0.15, 0.2) is 48.5 Å². The third-order valence-corrected chi connectivity index (χ3v) is 6.04. The van der Waals surface area contributed by atoms with Gasteiger partial charge in [-0.2, -0.15) is 0 Å². The van der Waals surface area contributed by atoms with Crippen molar-refractivity contribution in [3.05, 3.63) is 58.6 Å². The number of amides is 2. The van der Waals surface area contributed by atoms with Crippen molar-refractivity contribution in [1.29, 1.82) is 0 Å². The first kappa shape index (κ1) is 19.1. The largest absolute Gasteiger partial charge is 0.367 e. The Kier molecular flexibility index (Phi) is 5.47. The zero-order chi connectivity index (χ0) is 19.7. The summed E-state index contributed by atoms with van der Waals surface area (Å²) in [5.41, 5.74) is 1.67. The van der Waals surface area contributed by atoms with E-state index in [9.17, 15) is 9.59 Å². The quantitative estimate of drug-likeness (QED) is 0.764. The molecule has 4 rings (SSSR count). The predicted octanol–water partition coefficient (Wildman–Crippen LogP) is 3.70. The highest BCUT2D eigenvalue weighted by molar-refractivity contribution is 6.34. The Balaban J connectivity index is 1.39. The van der Waals surface area contributed by atoms with E-state index in [1.807, 2.05) is 47.4 Å². The number of hydrogen-bond acceptors (Lipinski definition) is 3. The third kappa shape index (κ3) is 3.69. The molecule has 1 atom stereocenters. The van der Waals surface area contributed by atoms with Gasteiger partial charge in [-0.25, -0.2) is 0 Å². The van der Waals surface area contributed by atoms with Crippen LogP contribution in [0.4, 0.5) is 11.4 Å². The van der Waals surface area contributed by atoms with Crippen molar-refractivity contribution in [2.45, 2.75) is 6.42 Å². The van der Waals surface area contributed by atoms with E-state index in [0.29, 0.717) is 30.3 Å². The summed E-state index contributed by atoms with van der Waals surface area (Å²) in [6.07, 6.45) is 0.231. The minimum absolute atomic E-state index is 0.0433. The fraction of sp³-hybridized carbons (Fsp3) is 0.333. The fourth-order valence-corrected chi connectivity index (χ4v) is 4.40. The van der Waals surface area contributed by atoms with Crippen LogP contribution in [-0.2, 0) is 9.59 Å². The summed E-state index contributed by atoms with van der Waals surface area (Å²) in [6, 6.07) is 15.0. The lowest BCUT2D eigenvalue weighted by molar-refractivity contribution is -0.136. The van der Waals surface area contributed by atoms with Crippen LogP contribution < -0.4 is 9.80 Å². The minimum atomic E-state index is -0.323. The van der Waals surface area contributed by atoms with Gasteiger partial charge in [-0.15, -0.1) is 0 Å². The highest BCUT2D eigenvalue weighted by Gasteiger charge is 2.38. The highest BCUT2D eigenvalue weighted by Crippen LogP contribution is 2.32. The Bertz CT molecular complexity index is 897. The number of rotatable bonds is 3. The predicted molar refractivity (Wildman–Crippen MR) is 112 cm³/mol. The summed E-state index contributed by atoms with van der Waals surface area (Å²) < 4.78 is 0. The molecule has 0 spiro atoms. The molecule has 2 aliphatic rings. The van der Waals surface area contributed by atoms with Gasteiger partial charge in [0.05, 0.1) is 27.3 Å². The number of nitrogens with zero attached hydrogens (tertiary/aromatic N) is 3. The van der Waals surface area contributed by atoms with Crippen molar-refractivity contribution >= 4 is 46.4 Å². The van der Waals surface area contributed by atoms with Crippen LogP contribution in [0.5, 0.6) is 0 Å². The molecule has 2 amide bonds. The summed E-state index contributed by atoms with van der Waals surface area (Å²) in [4.78, 5) is 31.1. The Labute approximate surface area is 174 Å². The topological polar surface area (TPSA) is 43.9 Å². The zero-order valence-electron chi connectivity index (χ0n) is 15.4. The molecular weight excluding hydrogens is 397 g/mol.